The number of anilines is 1. The molecule has 0 unspecified atom stereocenters. The highest BCUT2D eigenvalue weighted by Gasteiger charge is 2.01. The van der Waals surface area contributed by atoms with Crippen molar-refractivity contribution in [3.8, 4) is 6.07 Å². The molecule has 14 heavy (non-hydrogen) atoms. The van der Waals surface area contributed by atoms with E-state index in [0.717, 1.165) is 5.69 Å². The average Bonchev–Trinajstić information content (AvgIpc) is 2.21. The van der Waals surface area contributed by atoms with Gasteiger partial charge in [0.05, 0.1) is 5.56 Å². The zero-order chi connectivity index (χ0) is 10.4. The first-order valence-corrected chi connectivity index (χ1v) is 4.53. The van der Waals surface area contributed by atoms with Gasteiger partial charge in [0, 0.05) is 18.8 Å². The Morgan fingerprint density at radius 1 is 1.43 bits per heavy atom. The third kappa shape index (κ3) is 2.91. The lowest BCUT2D eigenvalue weighted by atomic mass is 10.2. The fourth-order valence-corrected chi connectivity index (χ4v) is 1.10. The van der Waals surface area contributed by atoms with Gasteiger partial charge in [-0.05, 0) is 18.2 Å². The largest absolute Gasteiger partial charge is 0.384 e. The van der Waals surface area contributed by atoms with Gasteiger partial charge >= 0.3 is 0 Å². The summed E-state index contributed by atoms with van der Waals surface area (Å²) in [4.78, 5) is 0. The van der Waals surface area contributed by atoms with Gasteiger partial charge in [-0.1, -0.05) is 12.8 Å². The molecule has 2 N–H and O–H groups in total. The Hall–Kier alpha value is -1.25. The van der Waals surface area contributed by atoms with Crippen LogP contribution in [0.25, 0.3) is 0 Å². The van der Waals surface area contributed by atoms with Crippen molar-refractivity contribution in [1.82, 2.24) is 4.72 Å². The lowest BCUT2D eigenvalue weighted by molar-refractivity contribution is 0.624. The minimum Gasteiger partial charge on any atom is -0.384 e. The van der Waals surface area contributed by atoms with Crippen molar-refractivity contribution in [1.29, 1.82) is 5.26 Å². The molecule has 0 amide bonds. The third-order valence-corrected chi connectivity index (χ3v) is 1.88. The Bertz CT molecular complexity index is 348. The maximum absolute atomic E-state index is 12.9. The van der Waals surface area contributed by atoms with Crippen molar-refractivity contribution in [3.05, 3.63) is 29.6 Å². The Balaban J connectivity index is 2.66. The second-order valence-electron chi connectivity index (χ2n) is 2.64. The Morgan fingerprint density at radius 2 is 2.21 bits per heavy atom. The van der Waals surface area contributed by atoms with Gasteiger partial charge in [-0.25, -0.2) is 4.39 Å². The second-order valence-corrected chi connectivity index (χ2v) is 2.96. The first kappa shape index (κ1) is 10.8. The van der Waals surface area contributed by atoms with Crippen molar-refractivity contribution in [2.24, 2.45) is 0 Å². The molecule has 0 aliphatic heterocycles. The highest BCUT2D eigenvalue weighted by molar-refractivity contribution is 7.78. The number of thiol groups is 1. The number of hydrogen-bond acceptors (Lipinski definition) is 4. The van der Waals surface area contributed by atoms with Gasteiger partial charge in [0.25, 0.3) is 0 Å². The molecule has 74 valence electrons. The van der Waals surface area contributed by atoms with Crippen LogP contribution in [0.15, 0.2) is 18.2 Å². The van der Waals surface area contributed by atoms with Crippen LogP contribution in [-0.4, -0.2) is 13.1 Å². The summed E-state index contributed by atoms with van der Waals surface area (Å²) >= 11 is 3.82. The molecule has 0 saturated carbocycles. The number of halogens is 1. The number of rotatable bonds is 4. The van der Waals surface area contributed by atoms with Gasteiger partial charge < -0.3 is 5.32 Å². The first-order valence-electron chi connectivity index (χ1n) is 4.08. The summed E-state index contributed by atoms with van der Waals surface area (Å²) in [5.74, 6) is -0.495. The number of nitriles is 1. The number of nitrogens with one attached hydrogen (secondary N) is 2. The molecule has 0 bridgehead atoms. The highest BCUT2D eigenvalue weighted by Crippen LogP contribution is 2.13. The third-order valence-electron chi connectivity index (χ3n) is 1.65. The van der Waals surface area contributed by atoms with Crippen molar-refractivity contribution in [2.45, 2.75) is 0 Å². The van der Waals surface area contributed by atoms with Gasteiger partial charge in [-0.15, -0.1) is 0 Å². The van der Waals surface area contributed by atoms with E-state index in [1.54, 1.807) is 12.1 Å². The first-order chi connectivity index (χ1) is 6.77. The van der Waals surface area contributed by atoms with Crippen LogP contribution in [0.5, 0.6) is 0 Å². The molecule has 0 fully saturated rings. The Kier molecular flexibility index (Phi) is 4.23. The number of nitrogens with zero attached hydrogens (tertiary/aromatic N) is 1. The molecule has 0 radical (unpaired) electrons. The SMILES string of the molecule is N#Cc1cc(NCCNS)ccc1F. The predicted molar refractivity (Wildman–Crippen MR) is 56.6 cm³/mol. The van der Waals surface area contributed by atoms with Crippen LogP contribution in [0.2, 0.25) is 0 Å². The molecule has 1 rings (SSSR count). The molecule has 1 aromatic rings. The number of hydrogen-bond donors (Lipinski definition) is 3. The fraction of sp³-hybridized carbons (Fsp3) is 0.222. The molecule has 1 aromatic carbocycles. The summed E-state index contributed by atoms with van der Waals surface area (Å²) < 4.78 is 15.6. The molecule has 0 atom stereocenters. The molecule has 0 aliphatic rings. The van der Waals surface area contributed by atoms with Gasteiger partial charge in [-0.3, -0.25) is 4.72 Å². The maximum Gasteiger partial charge on any atom is 0.141 e. The molecular formula is C9H10FN3S. The van der Waals surface area contributed by atoms with Crippen molar-refractivity contribution < 1.29 is 4.39 Å². The molecule has 0 aromatic heterocycles. The molecule has 0 aliphatic carbocycles. The summed E-state index contributed by atoms with van der Waals surface area (Å²) in [6, 6.07) is 6.13. The van der Waals surface area contributed by atoms with Crippen LogP contribution in [-0.2, 0) is 0 Å². The minimum absolute atomic E-state index is 0.0498. The van der Waals surface area contributed by atoms with E-state index in [9.17, 15) is 4.39 Å². The maximum atomic E-state index is 12.9. The lowest BCUT2D eigenvalue weighted by Crippen LogP contribution is -2.14. The standard InChI is InChI=1S/C9H10FN3S/c10-9-2-1-8(5-7(9)6-11)12-3-4-13-14/h1-2,5,12-14H,3-4H2. The van der Waals surface area contributed by atoms with Crippen molar-refractivity contribution >= 4 is 18.5 Å². The van der Waals surface area contributed by atoms with E-state index in [1.165, 1.54) is 12.1 Å². The zero-order valence-corrected chi connectivity index (χ0v) is 8.31. The summed E-state index contributed by atoms with van der Waals surface area (Å²) in [5, 5.41) is 11.6. The molecule has 0 heterocycles. The average molecular weight is 211 g/mol. The number of benzene rings is 1. The quantitative estimate of drug-likeness (QED) is 0.523. The normalized spacial score (nSPS) is 9.50. The van der Waals surface area contributed by atoms with E-state index in [1.807, 2.05) is 0 Å². The van der Waals surface area contributed by atoms with Crippen LogP contribution < -0.4 is 10.0 Å². The summed E-state index contributed by atoms with van der Waals surface area (Å²) in [6.07, 6.45) is 0. The van der Waals surface area contributed by atoms with Gasteiger partial charge in [0.15, 0.2) is 0 Å². The molecular weight excluding hydrogens is 201 g/mol. The zero-order valence-electron chi connectivity index (χ0n) is 7.42. The van der Waals surface area contributed by atoms with E-state index in [-0.39, 0.29) is 5.56 Å². The fourth-order valence-electron chi connectivity index (χ4n) is 0.984. The smallest absolute Gasteiger partial charge is 0.141 e. The molecule has 0 spiro atoms. The van der Waals surface area contributed by atoms with E-state index in [0.29, 0.717) is 13.1 Å². The molecule has 5 heteroatoms. The summed E-state index contributed by atoms with van der Waals surface area (Å²) in [5.41, 5.74) is 0.778. The van der Waals surface area contributed by atoms with Crippen LogP contribution >= 0.6 is 12.8 Å². The van der Waals surface area contributed by atoms with E-state index >= 15 is 0 Å². The monoisotopic (exact) mass is 211 g/mol. The Labute approximate surface area is 87.5 Å². The van der Waals surface area contributed by atoms with E-state index in [2.05, 4.69) is 22.9 Å². The summed E-state index contributed by atoms with van der Waals surface area (Å²) in [7, 11) is 0. The predicted octanol–water partition coefficient (Wildman–Crippen LogP) is 1.54. The molecule has 0 saturated heterocycles. The van der Waals surface area contributed by atoms with E-state index < -0.39 is 5.82 Å². The van der Waals surface area contributed by atoms with Crippen LogP contribution in [0, 0.1) is 17.1 Å². The van der Waals surface area contributed by atoms with Gasteiger partial charge in [-0.2, -0.15) is 5.26 Å². The summed E-state index contributed by atoms with van der Waals surface area (Å²) in [6.45, 7) is 1.35. The van der Waals surface area contributed by atoms with E-state index in [4.69, 9.17) is 5.26 Å². The lowest BCUT2D eigenvalue weighted by Gasteiger charge is -2.05. The minimum atomic E-state index is -0.495. The van der Waals surface area contributed by atoms with Crippen molar-refractivity contribution in [2.75, 3.05) is 18.4 Å². The highest BCUT2D eigenvalue weighted by atomic mass is 32.1. The van der Waals surface area contributed by atoms with Gasteiger partial charge in [0.2, 0.25) is 0 Å². The molecule has 3 nitrogen and oxygen atoms in total. The van der Waals surface area contributed by atoms with Crippen LogP contribution in [0.3, 0.4) is 0 Å². The van der Waals surface area contributed by atoms with Crippen LogP contribution in [0.1, 0.15) is 5.56 Å². The topological polar surface area (TPSA) is 47.9 Å². The van der Waals surface area contributed by atoms with Crippen molar-refractivity contribution in [3.63, 3.8) is 0 Å². The van der Waals surface area contributed by atoms with Crippen LogP contribution in [0.4, 0.5) is 10.1 Å². The second kappa shape index (κ2) is 5.47. The Morgan fingerprint density at radius 3 is 2.86 bits per heavy atom. The van der Waals surface area contributed by atoms with Gasteiger partial charge in [0.1, 0.15) is 11.9 Å².